The Morgan fingerprint density at radius 3 is 2.78 bits per heavy atom. The van der Waals surface area contributed by atoms with Gasteiger partial charge in [0, 0.05) is 11.2 Å². The molecule has 0 bridgehead atoms. The van der Waals surface area contributed by atoms with E-state index >= 15 is 0 Å². The summed E-state index contributed by atoms with van der Waals surface area (Å²) in [7, 11) is -3.64. The minimum atomic E-state index is -3.64. The number of nitrogens with zero attached hydrogens (tertiary/aromatic N) is 1. The number of isocyanates is 1. The summed E-state index contributed by atoms with van der Waals surface area (Å²) in [5, 5.41) is 0. The summed E-state index contributed by atoms with van der Waals surface area (Å²) in [6.07, 6.45) is 1.11. The van der Waals surface area contributed by atoms with Crippen molar-refractivity contribution in [2.45, 2.75) is 0 Å². The summed E-state index contributed by atoms with van der Waals surface area (Å²) in [6, 6.07) is 0. The Morgan fingerprint density at radius 2 is 2.44 bits per heavy atom. The van der Waals surface area contributed by atoms with Crippen molar-refractivity contribution in [3.8, 4) is 0 Å². The summed E-state index contributed by atoms with van der Waals surface area (Å²) < 4.78 is 22.1. The zero-order valence-electron chi connectivity index (χ0n) is 4.14. The Bertz CT molecular complexity index is 213. The molecule has 0 aliphatic rings. The molecule has 7 heteroatoms. The second-order valence-electron chi connectivity index (χ2n) is 0.924. The molecule has 0 aromatic heterocycles. The molecule has 1 atom stereocenters. The quantitative estimate of drug-likeness (QED) is 0.452. The molecule has 0 aromatic rings. The van der Waals surface area contributed by atoms with Gasteiger partial charge in [-0.25, -0.2) is 8.98 Å². The minimum Gasteiger partial charge on any atom is -0.285 e. The lowest BCUT2D eigenvalue weighted by molar-refractivity contribution is 0.315. The third-order valence-electron chi connectivity index (χ3n) is 0.331. The van der Waals surface area contributed by atoms with Gasteiger partial charge in [-0.3, -0.25) is 4.55 Å². The normalized spacial score (nSPS) is 15.7. The molecule has 1 unspecified atom stereocenters. The third kappa shape index (κ3) is 7.67. The lowest BCUT2D eigenvalue weighted by Crippen LogP contribution is -2.01. The lowest BCUT2D eigenvalue weighted by atomic mass is 11.3. The van der Waals surface area contributed by atoms with Crippen LogP contribution in [-0.2, 0) is 29.2 Å². The zero-order chi connectivity index (χ0) is 7.33. The maximum atomic E-state index is 10.0. The van der Waals surface area contributed by atoms with Crippen LogP contribution in [0.4, 0.5) is 0 Å². The fourth-order valence-electron chi connectivity index (χ4n) is 0.119. The lowest BCUT2D eigenvalue weighted by Gasteiger charge is -1.92. The highest BCUT2D eigenvalue weighted by atomic mass is 32.9. The second kappa shape index (κ2) is 3.65. The molecule has 0 fully saturated rings. The van der Waals surface area contributed by atoms with Crippen molar-refractivity contribution in [1.29, 1.82) is 0 Å². The van der Waals surface area contributed by atoms with Gasteiger partial charge in [0.05, 0.1) is 0 Å². The van der Waals surface area contributed by atoms with Crippen molar-refractivity contribution in [1.82, 2.24) is 0 Å². The van der Waals surface area contributed by atoms with Crippen molar-refractivity contribution >= 4 is 26.3 Å². The molecule has 5 nitrogen and oxygen atoms in total. The van der Waals surface area contributed by atoms with E-state index in [0.29, 0.717) is 0 Å². The molecule has 0 aliphatic heterocycles. The maximum absolute atomic E-state index is 10.0. The first-order chi connectivity index (χ1) is 4.06. The standard InChI is InChI=1S/C2H3NO4S2/c4-1-3-2-7-9(5,6)8/h2H2,(H,5,6,8). The molecule has 0 radical (unpaired) electrons. The van der Waals surface area contributed by atoms with E-state index in [1.807, 2.05) is 0 Å². The van der Waals surface area contributed by atoms with Crippen LogP contribution in [0.3, 0.4) is 0 Å². The fraction of sp³-hybridized carbons (Fsp3) is 0.500. The molecule has 52 valence electrons. The fourth-order valence-corrected chi connectivity index (χ4v) is 0.434. The van der Waals surface area contributed by atoms with E-state index in [1.165, 1.54) is 0 Å². The average molecular weight is 169 g/mol. The first-order valence-electron chi connectivity index (χ1n) is 1.72. The number of aliphatic imine (C=N–C) groups is 1. The summed E-state index contributed by atoms with van der Waals surface area (Å²) in [5.74, 6) is 0. The summed E-state index contributed by atoms with van der Waals surface area (Å²) in [5.41, 5.74) is 0. The van der Waals surface area contributed by atoms with Crippen molar-refractivity contribution in [3.05, 3.63) is 0 Å². The zero-order valence-corrected chi connectivity index (χ0v) is 5.78. The van der Waals surface area contributed by atoms with Gasteiger partial charge in [-0.15, -0.1) is 0 Å². The van der Waals surface area contributed by atoms with E-state index in [2.05, 4.69) is 20.4 Å². The van der Waals surface area contributed by atoms with Crippen LogP contribution in [0.15, 0.2) is 4.99 Å². The maximum Gasteiger partial charge on any atom is 0.268 e. The number of carbonyl (C=O) groups excluding carboxylic acids is 1. The van der Waals surface area contributed by atoms with Gasteiger partial charge in [0.2, 0.25) is 6.08 Å². The molecular weight excluding hydrogens is 166 g/mol. The van der Waals surface area contributed by atoms with Gasteiger partial charge in [-0.1, -0.05) is 0 Å². The second-order valence-corrected chi connectivity index (χ2v) is 3.28. The number of hydrogen-bond donors (Lipinski definition) is 1. The predicted molar refractivity (Wildman–Crippen MR) is 32.2 cm³/mol. The van der Waals surface area contributed by atoms with Crippen LogP contribution in [0.25, 0.3) is 0 Å². The van der Waals surface area contributed by atoms with Gasteiger partial charge < -0.3 is 0 Å². The Labute approximate surface area is 56.4 Å². The molecule has 0 aliphatic carbocycles. The highest BCUT2D eigenvalue weighted by Crippen LogP contribution is 1.84. The van der Waals surface area contributed by atoms with E-state index in [1.54, 1.807) is 0 Å². The van der Waals surface area contributed by atoms with Crippen LogP contribution < -0.4 is 0 Å². The van der Waals surface area contributed by atoms with Crippen molar-refractivity contribution in [2.24, 2.45) is 4.99 Å². The highest BCUT2D eigenvalue weighted by Gasteiger charge is 1.95. The van der Waals surface area contributed by atoms with Crippen LogP contribution in [0.5, 0.6) is 0 Å². The largest absolute Gasteiger partial charge is 0.285 e. The molecule has 9 heavy (non-hydrogen) atoms. The number of hydrogen-bond acceptors (Lipinski definition) is 5. The van der Waals surface area contributed by atoms with Crippen LogP contribution in [0.2, 0.25) is 0 Å². The van der Waals surface area contributed by atoms with Gasteiger partial charge in [0.25, 0.3) is 9.05 Å². The first kappa shape index (κ1) is 8.67. The van der Waals surface area contributed by atoms with Crippen molar-refractivity contribution in [2.75, 3.05) is 6.73 Å². The molecule has 0 spiro atoms. The Morgan fingerprint density at radius 1 is 1.89 bits per heavy atom. The molecule has 1 N–H and O–H groups in total. The molecule has 0 saturated heterocycles. The number of rotatable bonds is 3. The van der Waals surface area contributed by atoms with Gasteiger partial charge in [0.15, 0.2) is 6.73 Å². The van der Waals surface area contributed by atoms with E-state index in [0.717, 1.165) is 6.08 Å². The van der Waals surface area contributed by atoms with E-state index in [4.69, 9.17) is 4.55 Å². The SMILES string of the molecule is O=C=NCOS(=O)(O)=S. The van der Waals surface area contributed by atoms with E-state index in [-0.39, 0.29) is 0 Å². The smallest absolute Gasteiger partial charge is 0.268 e. The van der Waals surface area contributed by atoms with Crippen LogP contribution in [0.1, 0.15) is 0 Å². The predicted octanol–water partition coefficient (Wildman–Crippen LogP) is -0.569. The van der Waals surface area contributed by atoms with E-state index < -0.39 is 15.8 Å². The average Bonchev–Trinajstić information content (AvgIpc) is 1.63. The van der Waals surface area contributed by atoms with Gasteiger partial charge in [0.1, 0.15) is 0 Å². The summed E-state index contributed by atoms with van der Waals surface area (Å²) >= 11 is 3.87. The minimum absolute atomic E-state index is 0.525. The van der Waals surface area contributed by atoms with Crippen molar-refractivity contribution < 1.29 is 17.7 Å². The summed E-state index contributed by atoms with van der Waals surface area (Å²) in [4.78, 5) is 12.1. The van der Waals surface area contributed by atoms with Crippen LogP contribution in [0, 0.1) is 0 Å². The van der Waals surface area contributed by atoms with Crippen LogP contribution in [-0.4, -0.2) is 21.6 Å². The van der Waals surface area contributed by atoms with Gasteiger partial charge in [-0.2, -0.15) is 9.20 Å². The Hall–Kier alpha value is -0.330. The summed E-state index contributed by atoms with van der Waals surface area (Å²) in [6.45, 7) is -0.525. The Balaban J connectivity index is 3.66. The molecule has 0 aromatic carbocycles. The molecule has 0 heterocycles. The first-order valence-corrected chi connectivity index (χ1v) is 4.08. The molecule has 0 saturated carbocycles. The monoisotopic (exact) mass is 169 g/mol. The molecule has 0 amide bonds. The topological polar surface area (TPSA) is 76.0 Å². The van der Waals surface area contributed by atoms with E-state index in [9.17, 15) is 9.00 Å². The molecule has 0 rings (SSSR count). The van der Waals surface area contributed by atoms with Crippen LogP contribution >= 0.6 is 0 Å². The third-order valence-corrected chi connectivity index (χ3v) is 1.02. The van der Waals surface area contributed by atoms with Gasteiger partial charge >= 0.3 is 0 Å². The Kier molecular flexibility index (Phi) is 3.52. The van der Waals surface area contributed by atoms with Crippen molar-refractivity contribution in [3.63, 3.8) is 0 Å². The highest BCUT2D eigenvalue weighted by molar-refractivity contribution is 8.27. The molecular formula is C2H3NO4S2. The van der Waals surface area contributed by atoms with Gasteiger partial charge in [-0.05, 0) is 0 Å².